The van der Waals surface area contributed by atoms with Gasteiger partial charge >= 0.3 is 5.69 Å². The predicted octanol–water partition coefficient (Wildman–Crippen LogP) is 2.98. The molecule has 4 rings (SSSR count). The Labute approximate surface area is 194 Å². The Morgan fingerprint density at radius 1 is 1.06 bits per heavy atom. The maximum atomic E-state index is 12.9. The molecule has 0 radical (unpaired) electrons. The van der Waals surface area contributed by atoms with Crippen LogP contribution < -0.4 is 21.4 Å². The number of aryl methyl sites for hydroxylation is 1. The van der Waals surface area contributed by atoms with Crippen molar-refractivity contribution < 1.29 is 4.74 Å². The van der Waals surface area contributed by atoms with E-state index in [2.05, 4.69) is 15.5 Å². The quantitative estimate of drug-likeness (QED) is 0.333. The summed E-state index contributed by atoms with van der Waals surface area (Å²) in [4.78, 5) is 29.8. The molecule has 1 N–H and O–H groups in total. The second-order valence-electron chi connectivity index (χ2n) is 7.40. The molecule has 9 nitrogen and oxygen atoms in total. The van der Waals surface area contributed by atoms with E-state index in [1.165, 1.54) is 11.6 Å². The molecule has 0 aliphatic rings. The molecule has 2 aromatic heterocycles. The molecule has 0 aliphatic heterocycles. The van der Waals surface area contributed by atoms with E-state index in [0.717, 1.165) is 21.4 Å². The fourth-order valence-corrected chi connectivity index (χ4v) is 3.57. The minimum Gasteiger partial charge on any atom is -0.494 e. The summed E-state index contributed by atoms with van der Waals surface area (Å²) in [6.45, 7) is 2.86. The standard InChI is InChI=1S/C23H23ClN6O3/c1-4-33-18-11-7-15(8-12-18)13-25-27-22-26-20-19(21(31)29(3)23(32)28(20)2)30(22)14-16-5-9-17(24)10-6-16/h5-13H,4,14H2,1-3H3,(H,26,27)/b25-13+. The van der Waals surface area contributed by atoms with Gasteiger partial charge in [0.05, 0.1) is 19.4 Å². The van der Waals surface area contributed by atoms with Crippen molar-refractivity contribution in [2.45, 2.75) is 13.5 Å². The zero-order valence-corrected chi connectivity index (χ0v) is 19.2. The van der Waals surface area contributed by atoms with Gasteiger partial charge in [0.25, 0.3) is 5.56 Å². The van der Waals surface area contributed by atoms with Crippen LogP contribution in [0.1, 0.15) is 18.1 Å². The summed E-state index contributed by atoms with van der Waals surface area (Å²) in [5.41, 5.74) is 4.37. The summed E-state index contributed by atoms with van der Waals surface area (Å²) in [6.07, 6.45) is 1.64. The number of fused-ring (bicyclic) bond motifs is 1. The van der Waals surface area contributed by atoms with Gasteiger partial charge < -0.3 is 4.74 Å². The SMILES string of the molecule is CCOc1ccc(/C=N/Nc2nc3c(c(=O)n(C)c(=O)n3C)n2Cc2ccc(Cl)cc2)cc1. The summed E-state index contributed by atoms with van der Waals surface area (Å²) < 4.78 is 9.56. The highest BCUT2D eigenvalue weighted by Gasteiger charge is 2.19. The normalized spacial score (nSPS) is 11.4. The molecule has 170 valence electrons. The number of hydrogen-bond donors (Lipinski definition) is 1. The highest BCUT2D eigenvalue weighted by molar-refractivity contribution is 6.30. The summed E-state index contributed by atoms with van der Waals surface area (Å²) in [7, 11) is 3.03. The minimum atomic E-state index is -0.451. The Morgan fingerprint density at radius 3 is 2.42 bits per heavy atom. The van der Waals surface area contributed by atoms with Crippen molar-refractivity contribution in [3.8, 4) is 5.75 Å². The van der Waals surface area contributed by atoms with E-state index >= 15 is 0 Å². The Balaban J connectivity index is 1.73. The largest absolute Gasteiger partial charge is 0.494 e. The number of anilines is 1. The van der Waals surface area contributed by atoms with Crippen molar-refractivity contribution in [1.82, 2.24) is 18.7 Å². The molecule has 0 bridgehead atoms. The number of nitrogens with one attached hydrogen (secondary N) is 1. The van der Waals surface area contributed by atoms with E-state index in [9.17, 15) is 9.59 Å². The summed E-state index contributed by atoms with van der Waals surface area (Å²) >= 11 is 6.01. The van der Waals surface area contributed by atoms with Gasteiger partial charge in [0.1, 0.15) is 5.75 Å². The Hall–Kier alpha value is -3.85. The number of halogens is 1. The lowest BCUT2D eigenvalue weighted by Crippen LogP contribution is -2.37. The monoisotopic (exact) mass is 466 g/mol. The van der Waals surface area contributed by atoms with Crippen molar-refractivity contribution in [2.75, 3.05) is 12.0 Å². The lowest BCUT2D eigenvalue weighted by Gasteiger charge is -2.09. The van der Waals surface area contributed by atoms with Crippen LogP contribution in [0.15, 0.2) is 63.2 Å². The van der Waals surface area contributed by atoms with Crippen LogP contribution in [0, 0.1) is 0 Å². The molecular weight excluding hydrogens is 444 g/mol. The molecule has 4 aromatic rings. The second-order valence-corrected chi connectivity index (χ2v) is 7.83. The first-order valence-corrected chi connectivity index (χ1v) is 10.7. The number of nitrogens with zero attached hydrogens (tertiary/aromatic N) is 5. The van der Waals surface area contributed by atoms with Crippen LogP contribution in [0.2, 0.25) is 5.02 Å². The van der Waals surface area contributed by atoms with Crippen LogP contribution in [0.4, 0.5) is 5.95 Å². The third kappa shape index (κ3) is 4.54. The zero-order valence-electron chi connectivity index (χ0n) is 18.4. The first-order chi connectivity index (χ1) is 15.9. The number of aromatic nitrogens is 4. The average molecular weight is 467 g/mol. The van der Waals surface area contributed by atoms with Crippen molar-refractivity contribution >= 4 is 34.9 Å². The van der Waals surface area contributed by atoms with Gasteiger partial charge in [-0.1, -0.05) is 23.7 Å². The Bertz CT molecular complexity index is 1430. The zero-order chi connectivity index (χ0) is 23.5. The van der Waals surface area contributed by atoms with Crippen LogP contribution in [0.3, 0.4) is 0 Å². The lowest BCUT2D eigenvalue weighted by molar-refractivity contribution is 0.340. The molecule has 0 atom stereocenters. The van der Waals surface area contributed by atoms with Crippen molar-refractivity contribution in [2.24, 2.45) is 19.2 Å². The van der Waals surface area contributed by atoms with Gasteiger partial charge in [-0.15, -0.1) is 0 Å². The van der Waals surface area contributed by atoms with Crippen molar-refractivity contribution in [3.05, 3.63) is 85.5 Å². The molecule has 33 heavy (non-hydrogen) atoms. The smallest absolute Gasteiger partial charge is 0.332 e. The summed E-state index contributed by atoms with van der Waals surface area (Å²) in [5.74, 6) is 1.12. The third-order valence-electron chi connectivity index (χ3n) is 5.17. The number of hydrogen-bond acceptors (Lipinski definition) is 6. The molecule has 0 spiro atoms. The summed E-state index contributed by atoms with van der Waals surface area (Å²) in [6, 6.07) is 14.8. The number of ether oxygens (including phenoxy) is 1. The molecule has 0 fully saturated rings. The fraction of sp³-hybridized carbons (Fsp3) is 0.217. The van der Waals surface area contributed by atoms with Crippen molar-refractivity contribution in [3.63, 3.8) is 0 Å². The maximum absolute atomic E-state index is 12.9. The van der Waals surface area contributed by atoms with Gasteiger partial charge in [0.2, 0.25) is 5.95 Å². The third-order valence-corrected chi connectivity index (χ3v) is 5.42. The molecular formula is C23H23ClN6O3. The van der Waals surface area contributed by atoms with Gasteiger partial charge in [-0.3, -0.25) is 18.5 Å². The second kappa shape index (κ2) is 9.33. The van der Waals surface area contributed by atoms with Crippen LogP contribution >= 0.6 is 11.6 Å². The summed E-state index contributed by atoms with van der Waals surface area (Å²) in [5, 5.41) is 4.90. The molecule has 10 heteroatoms. The number of rotatable bonds is 7. The molecule has 0 aliphatic carbocycles. The van der Waals surface area contributed by atoms with E-state index in [-0.39, 0.29) is 5.65 Å². The fourth-order valence-electron chi connectivity index (χ4n) is 3.44. The van der Waals surface area contributed by atoms with Crippen LogP contribution in [-0.2, 0) is 20.6 Å². The van der Waals surface area contributed by atoms with Gasteiger partial charge in [-0.25, -0.2) is 10.2 Å². The highest BCUT2D eigenvalue weighted by Crippen LogP contribution is 2.19. The van der Waals surface area contributed by atoms with E-state index in [1.807, 2.05) is 43.3 Å². The van der Waals surface area contributed by atoms with Crippen LogP contribution in [-0.4, -0.2) is 31.5 Å². The topological polar surface area (TPSA) is 95.4 Å². The highest BCUT2D eigenvalue weighted by atomic mass is 35.5. The van der Waals surface area contributed by atoms with Gasteiger partial charge in [0, 0.05) is 19.1 Å². The number of hydrazone groups is 1. The Kier molecular flexibility index (Phi) is 6.32. The molecule has 0 amide bonds. The first kappa shape index (κ1) is 22.3. The van der Waals surface area contributed by atoms with Gasteiger partial charge in [-0.05, 0) is 54.4 Å². The van der Waals surface area contributed by atoms with E-state index in [0.29, 0.717) is 29.6 Å². The molecule has 2 heterocycles. The predicted molar refractivity (Wildman–Crippen MR) is 130 cm³/mol. The minimum absolute atomic E-state index is 0.274. The molecule has 0 saturated carbocycles. The number of imidazole rings is 1. The maximum Gasteiger partial charge on any atom is 0.332 e. The first-order valence-electron chi connectivity index (χ1n) is 10.3. The molecule has 2 aromatic carbocycles. The molecule has 0 saturated heterocycles. The molecule has 0 unspecified atom stereocenters. The Morgan fingerprint density at radius 2 is 1.76 bits per heavy atom. The van der Waals surface area contributed by atoms with E-state index in [1.54, 1.807) is 30.0 Å². The van der Waals surface area contributed by atoms with Gasteiger partial charge in [0.15, 0.2) is 11.2 Å². The number of benzene rings is 2. The van der Waals surface area contributed by atoms with Crippen molar-refractivity contribution in [1.29, 1.82) is 0 Å². The van der Waals surface area contributed by atoms with Crippen LogP contribution in [0.25, 0.3) is 11.2 Å². The van der Waals surface area contributed by atoms with Gasteiger partial charge in [-0.2, -0.15) is 10.1 Å². The van der Waals surface area contributed by atoms with E-state index < -0.39 is 11.2 Å². The average Bonchev–Trinajstić information content (AvgIpc) is 3.17. The van der Waals surface area contributed by atoms with Crippen LogP contribution in [0.5, 0.6) is 5.75 Å². The van der Waals surface area contributed by atoms with E-state index in [4.69, 9.17) is 16.3 Å². The lowest BCUT2D eigenvalue weighted by atomic mass is 10.2.